The predicted octanol–water partition coefficient (Wildman–Crippen LogP) is 3.84. The summed E-state index contributed by atoms with van der Waals surface area (Å²) in [4.78, 5) is 32.9. The molecule has 0 saturated carbocycles. The largest absolute Gasteiger partial charge is 0.379 e. The first kappa shape index (κ1) is 23.4. The summed E-state index contributed by atoms with van der Waals surface area (Å²) in [7, 11) is 0. The van der Waals surface area contributed by atoms with Crippen LogP contribution in [0.15, 0.2) is 28.0 Å². The van der Waals surface area contributed by atoms with Gasteiger partial charge in [0.25, 0.3) is 11.5 Å². The molecule has 1 aliphatic heterocycles. The minimum Gasteiger partial charge on any atom is -0.379 e. The summed E-state index contributed by atoms with van der Waals surface area (Å²) < 4.78 is 7.59. The third kappa shape index (κ3) is 5.16. The fourth-order valence-electron chi connectivity index (χ4n) is 3.23. The molecule has 31 heavy (non-hydrogen) atoms. The van der Waals surface area contributed by atoms with Crippen molar-refractivity contribution in [3.63, 3.8) is 0 Å². The van der Waals surface area contributed by atoms with E-state index in [9.17, 15) is 9.59 Å². The molecule has 7 nitrogen and oxygen atoms in total. The number of aromatic nitrogens is 2. The molecule has 0 aliphatic carbocycles. The number of aryl methyl sites for hydroxylation is 1. The maximum Gasteiger partial charge on any atom is 0.267 e. The predicted molar refractivity (Wildman–Crippen MR) is 131 cm³/mol. The van der Waals surface area contributed by atoms with E-state index >= 15 is 0 Å². The highest BCUT2D eigenvalue weighted by molar-refractivity contribution is 8.26. The lowest BCUT2D eigenvalue weighted by atomic mass is 10.2. The Hall–Kier alpha value is -2.23. The molecule has 1 N–H and O–H groups in total. The number of fused-ring (bicyclic) bond motifs is 1. The summed E-state index contributed by atoms with van der Waals surface area (Å²) >= 11 is 6.58. The van der Waals surface area contributed by atoms with Gasteiger partial charge < -0.3 is 10.1 Å². The Kier molecular flexibility index (Phi) is 7.51. The molecule has 0 radical (unpaired) electrons. The van der Waals surface area contributed by atoms with Gasteiger partial charge in [-0.25, -0.2) is 4.98 Å². The van der Waals surface area contributed by atoms with Gasteiger partial charge in [0.15, 0.2) is 0 Å². The zero-order chi connectivity index (χ0) is 22.7. The van der Waals surface area contributed by atoms with E-state index in [2.05, 4.69) is 5.32 Å². The summed E-state index contributed by atoms with van der Waals surface area (Å²) in [5, 5.41) is 3.27. The van der Waals surface area contributed by atoms with E-state index in [0.29, 0.717) is 39.4 Å². The molecular weight excluding hydrogens is 432 g/mol. The van der Waals surface area contributed by atoms with Crippen LogP contribution in [0.1, 0.15) is 45.2 Å². The Bertz CT molecular complexity index is 1090. The molecule has 9 heteroatoms. The molecule has 1 aliphatic rings. The summed E-state index contributed by atoms with van der Waals surface area (Å²) in [6.45, 7) is 10.9. The second kappa shape index (κ2) is 9.93. The van der Waals surface area contributed by atoms with Crippen molar-refractivity contribution >= 4 is 51.7 Å². The highest BCUT2D eigenvalue weighted by Gasteiger charge is 2.34. The normalized spacial score (nSPS) is 15.8. The van der Waals surface area contributed by atoms with Crippen LogP contribution in [0.2, 0.25) is 0 Å². The molecular formula is C22H28N4O3S2. The van der Waals surface area contributed by atoms with Crippen LogP contribution in [0.4, 0.5) is 5.82 Å². The van der Waals surface area contributed by atoms with Crippen LogP contribution >= 0.6 is 24.0 Å². The Balaban J connectivity index is 2.00. The second-order valence-electron chi connectivity index (χ2n) is 7.91. The SMILES string of the molecule is Cc1cccn2c(=O)c(/C=C3\SC(=S)N(C(C)C)C3=O)c(NCCCOC(C)C)nc12. The van der Waals surface area contributed by atoms with Crippen molar-refractivity contribution in [2.75, 3.05) is 18.5 Å². The first-order chi connectivity index (χ1) is 14.7. The van der Waals surface area contributed by atoms with Crippen LogP contribution in [0.25, 0.3) is 11.7 Å². The van der Waals surface area contributed by atoms with Crippen molar-refractivity contribution in [2.45, 2.75) is 53.2 Å². The summed E-state index contributed by atoms with van der Waals surface area (Å²) in [6.07, 6.45) is 4.24. The smallest absolute Gasteiger partial charge is 0.267 e. The minimum absolute atomic E-state index is 0.0459. The molecule has 0 unspecified atom stereocenters. The van der Waals surface area contributed by atoms with Gasteiger partial charge in [-0.3, -0.25) is 18.9 Å². The van der Waals surface area contributed by atoms with Gasteiger partial charge in [-0.15, -0.1) is 0 Å². The Morgan fingerprint density at radius 2 is 2.03 bits per heavy atom. The lowest BCUT2D eigenvalue weighted by Gasteiger charge is -2.18. The van der Waals surface area contributed by atoms with Crippen molar-refractivity contribution in [2.24, 2.45) is 0 Å². The minimum atomic E-state index is -0.232. The van der Waals surface area contributed by atoms with Gasteiger partial charge in [-0.05, 0) is 58.7 Å². The third-order valence-electron chi connectivity index (χ3n) is 4.76. The van der Waals surface area contributed by atoms with E-state index in [1.165, 1.54) is 16.2 Å². The number of carbonyl (C=O) groups is 1. The Morgan fingerprint density at radius 1 is 1.29 bits per heavy atom. The number of nitrogens with one attached hydrogen (secondary N) is 1. The number of carbonyl (C=O) groups excluding carboxylic acids is 1. The number of amides is 1. The maximum absolute atomic E-state index is 13.3. The van der Waals surface area contributed by atoms with Crippen molar-refractivity contribution < 1.29 is 9.53 Å². The van der Waals surface area contributed by atoms with E-state index < -0.39 is 0 Å². The lowest BCUT2D eigenvalue weighted by molar-refractivity contribution is -0.123. The summed E-state index contributed by atoms with van der Waals surface area (Å²) in [5.74, 6) is 0.272. The number of hydrogen-bond acceptors (Lipinski definition) is 7. The monoisotopic (exact) mass is 460 g/mol. The van der Waals surface area contributed by atoms with Gasteiger partial charge in [0.05, 0.1) is 16.6 Å². The van der Waals surface area contributed by atoms with Crippen LogP contribution in [0.5, 0.6) is 0 Å². The van der Waals surface area contributed by atoms with Crippen molar-refractivity contribution in [1.29, 1.82) is 0 Å². The zero-order valence-electron chi connectivity index (χ0n) is 18.5. The fraction of sp³-hybridized carbons (Fsp3) is 0.455. The summed E-state index contributed by atoms with van der Waals surface area (Å²) in [5.41, 5.74) is 1.59. The molecule has 1 fully saturated rings. The molecule has 166 valence electrons. The van der Waals surface area contributed by atoms with E-state index in [0.717, 1.165) is 12.0 Å². The third-order valence-corrected chi connectivity index (χ3v) is 6.09. The van der Waals surface area contributed by atoms with Crippen molar-refractivity contribution in [3.05, 3.63) is 44.7 Å². The quantitative estimate of drug-likeness (QED) is 0.364. The molecule has 1 amide bonds. The topological polar surface area (TPSA) is 75.9 Å². The average molecular weight is 461 g/mol. The molecule has 1 saturated heterocycles. The van der Waals surface area contributed by atoms with Gasteiger partial charge in [-0.2, -0.15) is 0 Å². The van der Waals surface area contributed by atoms with E-state index in [-0.39, 0.29) is 23.6 Å². The molecule has 0 aromatic carbocycles. The van der Waals surface area contributed by atoms with Crippen LogP contribution < -0.4 is 10.9 Å². The average Bonchev–Trinajstić information content (AvgIpc) is 2.98. The van der Waals surface area contributed by atoms with Crippen molar-refractivity contribution in [3.8, 4) is 0 Å². The number of ether oxygens (including phenoxy) is 1. The van der Waals surface area contributed by atoms with Gasteiger partial charge >= 0.3 is 0 Å². The Labute approximate surface area is 191 Å². The van der Waals surface area contributed by atoms with Gasteiger partial charge in [0.2, 0.25) is 0 Å². The van der Waals surface area contributed by atoms with Crippen molar-refractivity contribution in [1.82, 2.24) is 14.3 Å². The fourth-order valence-corrected chi connectivity index (χ4v) is 4.74. The van der Waals surface area contributed by atoms with Crippen LogP contribution in [0, 0.1) is 6.92 Å². The van der Waals surface area contributed by atoms with Crippen LogP contribution in [0.3, 0.4) is 0 Å². The number of nitrogens with zero attached hydrogens (tertiary/aromatic N) is 3. The maximum atomic E-state index is 13.3. The molecule has 0 atom stereocenters. The number of thioether (sulfide) groups is 1. The molecule has 3 rings (SSSR count). The van der Waals surface area contributed by atoms with Gasteiger partial charge in [-0.1, -0.05) is 30.0 Å². The highest BCUT2D eigenvalue weighted by Crippen LogP contribution is 2.34. The second-order valence-corrected chi connectivity index (χ2v) is 9.59. The number of anilines is 1. The molecule has 3 heterocycles. The van der Waals surface area contributed by atoms with Crippen LogP contribution in [-0.4, -0.2) is 49.8 Å². The summed E-state index contributed by atoms with van der Waals surface area (Å²) in [6, 6.07) is 3.68. The van der Waals surface area contributed by atoms with E-state index in [1.54, 1.807) is 17.2 Å². The van der Waals surface area contributed by atoms with Gasteiger partial charge in [0.1, 0.15) is 15.8 Å². The highest BCUT2D eigenvalue weighted by atomic mass is 32.2. The number of rotatable bonds is 8. The first-order valence-electron chi connectivity index (χ1n) is 10.3. The van der Waals surface area contributed by atoms with Crippen LogP contribution in [-0.2, 0) is 9.53 Å². The zero-order valence-corrected chi connectivity index (χ0v) is 20.1. The first-order valence-corrected chi connectivity index (χ1v) is 11.6. The van der Waals surface area contributed by atoms with E-state index in [1.807, 2.05) is 46.8 Å². The molecule has 2 aromatic rings. The van der Waals surface area contributed by atoms with E-state index in [4.69, 9.17) is 21.9 Å². The molecule has 0 bridgehead atoms. The Morgan fingerprint density at radius 3 is 2.68 bits per heavy atom. The van der Waals surface area contributed by atoms with Gasteiger partial charge in [0, 0.05) is 25.4 Å². The molecule has 2 aromatic heterocycles. The molecule has 0 spiro atoms. The number of thiocarbonyl (C=S) groups is 1. The standard InChI is InChI=1S/C22H28N4O3S2/c1-13(2)26-21(28)17(31-22(26)30)12-16-18(23-9-7-11-29-14(3)4)24-19-15(5)8-6-10-25(19)20(16)27/h6,8,10,12-14,23H,7,9,11H2,1-5H3/b17-12-. The lowest BCUT2D eigenvalue weighted by Crippen LogP contribution is -2.34. The number of hydrogen-bond donors (Lipinski definition) is 1. The number of pyridine rings is 1.